The molecule has 152 valence electrons. The quantitative estimate of drug-likeness (QED) is 0.710. The maximum atomic E-state index is 14.6. The minimum absolute atomic E-state index is 0.451. The van der Waals surface area contributed by atoms with E-state index in [1.165, 1.54) is 13.8 Å². The molecule has 0 radical (unpaired) electrons. The van der Waals surface area contributed by atoms with Gasteiger partial charge >= 0.3 is 0 Å². The van der Waals surface area contributed by atoms with Crippen LogP contribution in [-0.2, 0) is 15.7 Å². The first-order valence-corrected chi connectivity index (χ1v) is 10.9. The highest BCUT2D eigenvalue weighted by Gasteiger charge is 2.24. The summed E-state index contributed by atoms with van der Waals surface area (Å²) < 4.78 is 34.8. The maximum absolute atomic E-state index is 14.6. The van der Waals surface area contributed by atoms with Crippen molar-refractivity contribution in [2.24, 2.45) is 5.14 Å². The average molecular weight is 405 g/mol. The summed E-state index contributed by atoms with van der Waals surface area (Å²) in [5.41, 5.74) is 2.18. The highest BCUT2D eigenvalue weighted by atomic mass is 32.2. The Labute approximate surface area is 168 Å². The molecule has 0 aromatic heterocycles. The van der Waals surface area contributed by atoms with E-state index in [-0.39, 0.29) is 0 Å². The minimum Gasteiger partial charge on any atom is -0.239 e. The fourth-order valence-electron chi connectivity index (χ4n) is 2.40. The van der Waals surface area contributed by atoms with Crippen LogP contribution >= 0.6 is 0 Å². The summed E-state index contributed by atoms with van der Waals surface area (Å²) in [7, 11) is -3.24. The molecule has 0 bridgehead atoms. The van der Waals surface area contributed by atoms with Crippen LogP contribution in [0.1, 0.15) is 58.1 Å². The van der Waals surface area contributed by atoms with E-state index in [9.17, 15) is 12.8 Å². The number of nitrogens with zero attached hydrogens (tertiary/aromatic N) is 1. The molecule has 4 nitrogen and oxygen atoms in total. The van der Waals surface area contributed by atoms with Gasteiger partial charge in [-0.25, -0.2) is 17.9 Å². The summed E-state index contributed by atoms with van der Waals surface area (Å²) in [6.07, 6.45) is 2.45. The molecule has 0 amide bonds. The highest BCUT2D eigenvalue weighted by Crippen LogP contribution is 2.32. The van der Waals surface area contributed by atoms with Gasteiger partial charge in [-0.15, -0.1) is 0 Å². The van der Waals surface area contributed by atoms with Gasteiger partial charge in [-0.1, -0.05) is 56.2 Å². The molecule has 0 spiro atoms. The Kier molecular flexibility index (Phi) is 8.80. The molecule has 0 fully saturated rings. The minimum atomic E-state index is -3.24. The third-order valence-electron chi connectivity index (χ3n) is 4.49. The highest BCUT2D eigenvalue weighted by molar-refractivity contribution is 7.89. The third kappa shape index (κ3) is 7.41. The van der Waals surface area contributed by atoms with Crippen molar-refractivity contribution in [3.63, 3.8) is 0 Å². The van der Waals surface area contributed by atoms with Crippen molar-refractivity contribution in [1.29, 1.82) is 5.26 Å². The number of nitriles is 1. The standard InChI is InChI=1S/C19H20FN.C3H9NO2S/c1-3-4-13-19(2,20)18-11-9-17(10-12-18)16-7-5-15(14-21)6-8-16;1-3(2)7(4,5)6/h5-12H,3-4,13H2,1-2H3;3H,1-2H3,(H2,4,5,6)/t19-;/m1./s1. The predicted octanol–water partition coefficient (Wildman–Crippen LogP) is 5.28. The van der Waals surface area contributed by atoms with Gasteiger partial charge in [0.1, 0.15) is 5.67 Å². The zero-order chi connectivity index (χ0) is 21.4. The van der Waals surface area contributed by atoms with E-state index < -0.39 is 20.9 Å². The van der Waals surface area contributed by atoms with Crippen molar-refractivity contribution >= 4 is 10.0 Å². The first kappa shape index (κ1) is 23.8. The lowest BCUT2D eigenvalue weighted by atomic mass is 9.91. The Balaban J connectivity index is 0.000000480. The summed E-state index contributed by atoms with van der Waals surface area (Å²) in [5.74, 6) is 0. The lowest BCUT2D eigenvalue weighted by molar-refractivity contribution is 0.172. The van der Waals surface area contributed by atoms with E-state index >= 15 is 0 Å². The number of benzene rings is 2. The van der Waals surface area contributed by atoms with Gasteiger partial charge in [-0.2, -0.15) is 5.26 Å². The van der Waals surface area contributed by atoms with Crippen LogP contribution < -0.4 is 5.14 Å². The Morgan fingerprint density at radius 3 is 1.86 bits per heavy atom. The summed E-state index contributed by atoms with van der Waals surface area (Å²) in [6, 6.07) is 17.1. The fraction of sp³-hybridized carbons (Fsp3) is 0.409. The van der Waals surface area contributed by atoms with Gasteiger partial charge in [0.05, 0.1) is 16.9 Å². The lowest BCUT2D eigenvalue weighted by Crippen LogP contribution is -2.22. The molecule has 0 aliphatic heterocycles. The lowest BCUT2D eigenvalue weighted by Gasteiger charge is -2.21. The number of hydrogen-bond donors (Lipinski definition) is 1. The number of sulfonamides is 1. The van der Waals surface area contributed by atoms with Gasteiger partial charge in [0.25, 0.3) is 0 Å². The summed E-state index contributed by atoms with van der Waals surface area (Å²) in [4.78, 5) is 0. The van der Waals surface area contributed by atoms with Crippen molar-refractivity contribution < 1.29 is 12.8 Å². The van der Waals surface area contributed by atoms with Gasteiger partial charge in [0.2, 0.25) is 10.0 Å². The Morgan fingerprint density at radius 1 is 1.07 bits per heavy atom. The molecule has 2 aromatic carbocycles. The second-order valence-corrected chi connectivity index (χ2v) is 9.33. The first-order chi connectivity index (χ1) is 13.0. The van der Waals surface area contributed by atoms with E-state index in [1.807, 2.05) is 36.4 Å². The van der Waals surface area contributed by atoms with E-state index in [0.717, 1.165) is 29.5 Å². The number of rotatable bonds is 6. The zero-order valence-corrected chi connectivity index (χ0v) is 17.8. The average Bonchev–Trinajstić information content (AvgIpc) is 2.66. The number of unbranched alkanes of at least 4 members (excludes halogenated alkanes) is 1. The topological polar surface area (TPSA) is 84.0 Å². The predicted molar refractivity (Wildman–Crippen MR) is 113 cm³/mol. The van der Waals surface area contributed by atoms with Crippen LogP contribution in [0.3, 0.4) is 0 Å². The number of nitrogens with two attached hydrogens (primary N) is 1. The Morgan fingerprint density at radius 2 is 1.50 bits per heavy atom. The van der Waals surface area contributed by atoms with Crippen molar-refractivity contribution in [3.8, 4) is 17.2 Å². The molecule has 0 unspecified atom stereocenters. The molecule has 2 aromatic rings. The van der Waals surface area contributed by atoms with Crippen molar-refractivity contribution in [2.75, 3.05) is 0 Å². The van der Waals surface area contributed by atoms with E-state index in [0.29, 0.717) is 12.0 Å². The Hall–Kier alpha value is -2.23. The molecule has 2 N–H and O–H groups in total. The smallest absolute Gasteiger partial charge is 0.211 e. The van der Waals surface area contributed by atoms with Crippen molar-refractivity contribution in [2.45, 2.75) is 57.9 Å². The summed E-state index contributed by atoms with van der Waals surface area (Å²) in [5, 5.41) is 13.0. The zero-order valence-electron chi connectivity index (χ0n) is 16.9. The number of primary sulfonamides is 1. The fourth-order valence-corrected chi connectivity index (χ4v) is 2.40. The Bertz CT molecular complexity index is 882. The molecule has 28 heavy (non-hydrogen) atoms. The van der Waals surface area contributed by atoms with Gasteiger partial charge in [-0.05, 0) is 56.0 Å². The monoisotopic (exact) mass is 404 g/mol. The molecular formula is C22H29FN2O2S. The molecule has 0 heterocycles. The van der Waals surface area contributed by atoms with Crippen LogP contribution in [-0.4, -0.2) is 13.7 Å². The van der Waals surface area contributed by atoms with Gasteiger partial charge in [0, 0.05) is 0 Å². The van der Waals surface area contributed by atoms with Gasteiger partial charge < -0.3 is 0 Å². The van der Waals surface area contributed by atoms with Crippen LogP contribution in [0, 0.1) is 11.3 Å². The normalized spacial score (nSPS) is 13.2. The SMILES string of the molecule is CC(C)S(N)(=O)=O.CCCC[C@@](C)(F)c1ccc(-c2ccc(C#N)cc2)cc1. The van der Waals surface area contributed by atoms with Crippen LogP contribution in [0.4, 0.5) is 4.39 Å². The number of alkyl halides is 1. The van der Waals surface area contributed by atoms with Crippen LogP contribution in [0.25, 0.3) is 11.1 Å². The molecule has 0 aliphatic carbocycles. The van der Waals surface area contributed by atoms with Gasteiger partial charge in [0.15, 0.2) is 0 Å². The van der Waals surface area contributed by atoms with Crippen molar-refractivity contribution in [3.05, 3.63) is 59.7 Å². The third-order valence-corrected chi connectivity index (χ3v) is 5.81. The molecule has 0 saturated carbocycles. The summed E-state index contributed by atoms with van der Waals surface area (Å²) >= 11 is 0. The second kappa shape index (κ2) is 10.4. The van der Waals surface area contributed by atoms with Gasteiger partial charge in [-0.3, -0.25) is 0 Å². The number of halogens is 1. The second-order valence-electron chi connectivity index (χ2n) is 7.21. The molecule has 1 atom stereocenters. The first-order valence-electron chi connectivity index (χ1n) is 9.33. The molecular weight excluding hydrogens is 375 g/mol. The van der Waals surface area contributed by atoms with Crippen LogP contribution in [0.5, 0.6) is 0 Å². The van der Waals surface area contributed by atoms with Crippen LogP contribution in [0.15, 0.2) is 48.5 Å². The largest absolute Gasteiger partial charge is 0.239 e. The van der Waals surface area contributed by atoms with Crippen LogP contribution in [0.2, 0.25) is 0 Å². The van der Waals surface area contributed by atoms with E-state index in [4.69, 9.17) is 5.26 Å². The maximum Gasteiger partial charge on any atom is 0.211 e. The molecule has 6 heteroatoms. The van der Waals surface area contributed by atoms with Crippen molar-refractivity contribution in [1.82, 2.24) is 0 Å². The summed E-state index contributed by atoms with van der Waals surface area (Å²) in [6.45, 7) is 6.80. The molecule has 0 aliphatic rings. The van der Waals surface area contributed by atoms with E-state index in [1.54, 1.807) is 19.1 Å². The molecule has 2 rings (SSSR count). The number of hydrogen-bond acceptors (Lipinski definition) is 3. The molecule has 0 saturated heterocycles. The van der Waals surface area contributed by atoms with E-state index in [2.05, 4.69) is 18.1 Å².